The smallest absolute Gasteiger partial charge is 0.336 e. The lowest BCUT2D eigenvalue weighted by Crippen LogP contribution is -2.09. The van der Waals surface area contributed by atoms with E-state index >= 15 is 0 Å². The van der Waals surface area contributed by atoms with Crippen LogP contribution in [0.4, 0.5) is 11.4 Å². The summed E-state index contributed by atoms with van der Waals surface area (Å²) in [5.41, 5.74) is -0.600. The Balaban J connectivity index is 0.000000277. The summed E-state index contributed by atoms with van der Waals surface area (Å²) in [5, 5.41) is 38.1. The topological polar surface area (TPSA) is 153 Å². The van der Waals surface area contributed by atoms with Crippen LogP contribution in [0.3, 0.4) is 0 Å². The summed E-state index contributed by atoms with van der Waals surface area (Å²) in [4.78, 5) is 29.4. The highest BCUT2D eigenvalue weighted by Gasteiger charge is 2.19. The third-order valence-corrected chi connectivity index (χ3v) is 3.04. The Labute approximate surface area is 153 Å². The summed E-state index contributed by atoms with van der Waals surface area (Å²) in [6, 6.07) is 12.1. The van der Waals surface area contributed by atoms with Crippen LogP contribution >= 0.6 is 0 Å². The number of carboxylic acids is 1. The second-order valence-electron chi connectivity index (χ2n) is 5.41. The Morgan fingerprint density at radius 2 is 1.59 bits per heavy atom. The van der Waals surface area contributed by atoms with Gasteiger partial charge in [0.25, 0.3) is 11.4 Å². The van der Waals surface area contributed by atoms with Gasteiger partial charge in [-0.1, -0.05) is 30.3 Å². The third-order valence-electron chi connectivity index (χ3n) is 3.04. The number of nitro benzene ring substituents is 2. The van der Waals surface area contributed by atoms with Crippen molar-refractivity contribution in [3.8, 4) is 0 Å². The molecule has 0 amide bonds. The molecule has 0 saturated heterocycles. The van der Waals surface area contributed by atoms with Gasteiger partial charge in [0.05, 0.1) is 40.8 Å². The number of non-ortho nitro benzene ring substituents is 2. The number of nitro groups is 2. The van der Waals surface area contributed by atoms with Gasteiger partial charge in [0, 0.05) is 12.1 Å². The molecule has 10 nitrogen and oxygen atoms in total. The van der Waals surface area contributed by atoms with Gasteiger partial charge in [-0.25, -0.2) is 4.79 Å². The van der Waals surface area contributed by atoms with Crippen LogP contribution in [0.5, 0.6) is 0 Å². The van der Waals surface area contributed by atoms with Gasteiger partial charge in [0.15, 0.2) is 0 Å². The molecule has 0 aromatic heterocycles. The largest absolute Gasteiger partial charge is 0.478 e. The molecule has 0 aliphatic heterocycles. The van der Waals surface area contributed by atoms with E-state index in [1.54, 1.807) is 6.92 Å². The second kappa shape index (κ2) is 10.6. The van der Waals surface area contributed by atoms with Crippen molar-refractivity contribution in [1.82, 2.24) is 0 Å². The number of ether oxygens (including phenoxy) is 1. The molecule has 0 aliphatic rings. The maximum absolute atomic E-state index is 10.5. The Bertz CT molecular complexity index is 714. The molecule has 10 heteroatoms. The maximum Gasteiger partial charge on any atom is 0.336 e. The molecule has 0 fully saturated rings. The van der Waals surface area contributed by atoms with Gasteiger partial charge in [-0.2, -0.15) is 0 Å². The van der Waals surface area contributed by atoms with Crippen LogP contribution in [0.1, 0.15) is 22.8 Å². The Morgan fingerprint density at radius 1 is 1.07 bits per heavy atom. The van der Waals surface area contributed by atoms with E-state index in [1.807, 2.05) is 30.3 Å². The van der Waals surface area contributed by atoms with E-state index in [0.29, 0.717) is 19.3 Å². The first-order valence-electron chi connectivity index (χ1n) is 7.67. The van der Waals surface area contributed by atoms with Crippen LogP contribution in [0.2, 0.25) is 0 Å². The average Bonchev–Trinajstić information content (AvgIpc) is 2.62. The van der Waals surface area contributed by atoms with Crippen molar-refractivity contribution in [3.63, 3.8) is 0 Å². The highest BCUT2D eigenvalue weighted by molar-refractivity contribution is 5.89. The van der Waals surface area contributed by atoms with E-state index in [1.165, 1.54) is 0 Å². The van der Waals surface area contributed by atoms with Crippen molar-refractivity contribution in [1.29, 1.82) is 0 Å². The Kier molecular flexibility index (Phi) is 8.49. The van der Waals surface area contributed by atoms with Gasteiger partial charge in [0.2, 0.25) is 0 Å². The monoisotopic (exact) mass is 378 g/mol. The van der Waals surface area contributed by atoms with Crippen molar-refractivity contribution in [2.24, 2.45) is 0 Å². The van der Waals surface area contributed by atoms with Crippen molar-refractivity contribution < 1.29 is 29.6 Å². The maximum atomic E-state index is 10.5. The zero-order valence-electron chi connectivity index (χ0n) is 14.3. The average molecular weight is 378 g/mol. The molecule has 0 unspecified atom stereocenters. The molecule has 0 radical (unpaired) electrons. The summed E-state index contributed by atoms with van der Waals surface area (Å²) < 4.78 is 5.23. The molecular formula is C17H18N2O8. The minimum Gasteiger partial charge on any atom is -0.478 e. The van der Waals surface area contributed by atoms with Crippen LogP contribution in [-0.4, -0.2) is 38.7 Å². The molecule has 27 heavy (non-hydrogen) atoms. The number of aromatic carboxylic acids is 1. The molecule has 2 rings (SSSR count). The number of aliphatic hydroxyl groups is 1. The third kappa shape index (κ3) is 8.03. The van der Waals surface area contributed by atoms with Crippen LogP contribution in [0.15, 0.2) is 48.5 Å². The van der Waals surface area contributed by atoms with E-state index in [0.717, 1.165) is 17.7 Å². The number of rotatable bonds is 7. The lowest BCUT2D eigenvalue weighted by Gasteiger charge is -2.05. The van der Waals surface area contributed by atoms with E-state index in [9.17, 15) is 25.0 Å². The molecular weight excluding hydrogens is 360 g/mol. The van der Waals surface area contributed by atoms with Crippen molar-refractivity contribution in [2.45, 2.75) is 19.6 Å². The Morgan fingerprint density at radius 3 is 2.00 bits per heavy atom. The summed E-state index contributed by atoms with van der Waals surface area (Å²) in [5.74, 6) is -1.46. The van der Waals surface area contributed by atoms with E-state index in [2.05, 4.69) is 0 Å². The SMILES string of the molecule is C[C@H](O)COCc1ccccc1.O=C(O)c1cc([N+](=O)[O-])cc([N+](=O)[O-])c1. The lowest BCUT2D eigenvalue weighted by atomic mass is 10.2. The number of hydrogen-bond donors (Lipinski definition) is 2. The first-order chi connectivity index (χ1) is 12.7. The zero-order valence-corrected chi connectivity index (χ0v) is 14.3. The molecule has 2 aromatic carbocycles. The molecule has 1 atom stereocenters. The van der Waals surface area contributed by atoms with Crippen LogP contribution in [-0.2, 0) is 11.3 Å². The van der Waals surface area contributed by atoms with E-state index < -0.39 is 32.8 Å². The fourth-order valence-corrected chi connectivity index (χ4v) is 1.85. The number of benzene rings is 2. The molecule has 0 saturated carbocycles. The quantitative estimate of drug-likeness (QED) is 0.551. The lowest BCUT2D eigenvalue weighted by molar-refractivity contribution is -0.394. The normalized spacial score (nSPS) is 11.0. The highest BCUT2D eigenvalue weighted by atomic mass is 16.6. The first kappa shape index (κ1) is 21.7. The number of carboxylic acid groups (broad SMARTS) is 1. The minimum absolute atomic E-state index is 0.381. The standard InChI is InChI=1S/C10H14O2.C7H4N2O6/c1-9(11)7-12-8-10-5-3-2-4-6-10;10-7(11)4-1-5(8(12)13)3-6(2-4)9(14)15/h2-6,9,11H,7-8H2,1H3;1-3H,(H,10,11)/t9-;/m0./s1. The summed E-state index contributed by atoms with van der Waals surface area (Å²) in [6.07, 6.45) is -0.381. The molecule has 0 aliphatic carbocycles. The van der Waals surface area contributed by atoms with Crippen molar-refractivity contribution >= 4 is 17.3 Å². The summed E-state index contributed by atoms with van der Waals surface area (Å²) in [6.45, 7) is 2.69. The number of carbonyl (C=O) groups is 1. The predicted molar refractivity (Wildman–Crippen MR) is 94.5 cm³/mol. The second-order valence-corrected chi connectivity index (χ2v) is 5.41. The van der Waals surface area contributed by atoms with Gasteiger partial charge in [-0.15, -0.1) is 0 Å². The van der Waals surface area contributed by atoms with Gasteiger partial charge >= 0.3 is 5.97 Å². The molecule has 0 heterocycles. The zero-order chi connectivity index (χ0) is 20.4. The highest BCUT2D eigenvalue weighted by Crippen LogP contribution is 2.22. The van der Waals surface area contributed by atoms with Gasteiger partial charge in [0.1, 0.15) is 0 Å². The fourth-order valence-electron chi connectivity index (χ4n) is 1.85. The molecule has 144 valence electrons. The molecule has 2 aromatic rings. The molecule has 0 bridgehead atoms. The summed E-state index contributed by atoms with van der Waals surface area (Å²) in [7, 11) is 0. The van der Waals surface area contributed by atoms with E-state index in [-0.39, 0.29) is 6.10 Å². The minimum atomic E-state index is -1.46. The summed E-state index contributed by atoms with van der Waals surface area (Å²) >= 11 is 0. The van der Waals surface area contributed by atoms with Gasteiger partial charge in [-0.05, 0) is 12.5 Å². The van der Waals surface area contributed by atoms with Crippen LogP contribution in [0.25, 0.3) is 0 Å². The Hall–Kier alpha value is -3.37. The molecule has 2 N–H and O–H groups in total. The number of hydrogen-bond acceptors (Lipinski definition) is 7. The van der Waals surface area contributed by atoms with Crippen molar-refractivity contribution in [2.75, 3.05) is 6.61 Å². The van der Waals surface area contributed by atoms with Crippen LogP contribution < -0.4 is 0 Å². The van der Waals surface area contributed by atoms with Gasteiger partial charge in [-0.3, -0.25) is 20.2 Å². The van der Waals surface area contributed by atoms with Crippen molar-refractivity contribution in [3.05, 3.63) is 79.9 Å². The van der Waals surface area contributed by atoms with Crippen LogP contribution in [0, 0.1) is 20.2 Å². The number of nitrogens with zero attached hydrogens (tertiary/aromatic N) is 2. The number of aliphatic hydroxyl groups excluding tert-OH is 1. The fraction of sp³-hybridized carbons (Fsp3) is 0.235. The first-order valence-corrected chi connectivity index (χ1v) is 7.67. The molecule has 0 spiro atoms. The van der Waals surface area contributed by atoms with E-state index in [4.69, 9.17) is 14.9 Å². The van der Waals surface area contributed by atoms with Gasteiger partial charge < -0.3 is 14.9 Å². The predicted octanol–water partition coefficient (Wildman–Crippen LogP) is 2.79.